The molecule has 0 aliphatic carbocycles. The molecular weight excluding hydrogens is 312 g/mol. The highest BCUT2D eigenvalue weighted by Crippen LogP contribution is 2.22. The number of carboxylic acid groups (broad SMARTS) is 1. The fourth-order valence-electron chi connectivity index (χ4n) is 4.24. The van der Waals surface area contributed by atoms with Crippen molar-refractivity contribution in [2.75, 3.05) is 33.2 Å². The SMILES string of the molecule is CCCCCCCCCCCCC[N+]1(C)CCN(C(=O)[O-])CC1CC. The van der Waals surface area contributed by atoms with Crippen LogP contribution < -0.4 is 5.11 Å². The van der Waals surface area contributed by atoms with Crippen molar-refractivity contribution in [3.05, 3.63) is 0 Å². The normalized spacial score (nSPS) is 23.8. The van der Waals surface area contributed by atoms with Gasteiger partial charge in [-0.05, 0) is 19.3 Å². The van der Waals surface area contributed by atoms with Crippen molar-refractivity contribution >= 4 is 6.09 Å². The Bertz CT molecular complexity index is 362. The number of amides is 1. The molecule has 0 spiro atoms. The summed E-state index contributed by atoms with van der Waals surface area (Å²) >= 11 is 0. The zero-order chi connectivity index (χ0) is 18.5. The van der Waals surface area contributed by atoms with Gasteiger partial charge in [0.25, 0.3) is 0 Å². The van der Waals surface area contributed by atoms with Crippen LogP contribution in [0.25, 0.3) is 0 Å². The molecule has 0 saturated carbocycles. The lowest BCUT2D eigenvalue weighted by Crippen LogP contribution is -2.65. The number of carbonyl (C=O) groups excluding carboxylic acids is 1. The molecular formula is C21H42N2O2. The third-order valence-corrected chi connectivity index (χ3v) is 6.20. The summed E-state index contributed by atoms with van der Waals surface area (Å²) in [5.41, 5.74) is 0. The largest absolute Gasteiger partial charge is 0.530 e. The zero-order valence-corrected chi connectivity index (χ0v) is 17.1. The first-order chi connectivity index (χ1) is 12.0. The molecule has 0 radical (unpaired) electrons. The number of hydrogen-bond acceptors (Lipinski definition) is 2. The molecule has 0 aromatic heterocycles. The summed E-state index contributed by atoms with van der Waals surface area (Å²) in [5.74, 6) is 0. The molecule has 1 aliphatic rings. The second-order valence-electron chi connectivity index (χ2n) is 8.24. The molecule has 1 aliphatic heterocycles. The van der Waals surface area contributed by atoms with Gasteiger partial charge in [-0.3, -0.25) is 0 Å². The summed E-state index contributed by atoms with van der Waals surface area (Å²) in [6.07, 6.45) is 15.2. The van der Waals surface area contributed by atoms with Crippen LogP contribution in [0, 0.1) is 0 Å². The summed E-state index contributed by atoms with van der Waals surface area (Å²) in [6.45, 7) is 7.86. The lowest BCUT2D eigenvalue weighted by Gasteiger charge is -2.48. The average Bonchev–Trinajstić information content (AvgIpc) is 2.59. The summed E-state index contributed by atoms with van der Waals surface area (Å²) in [6, 6.07) is 0.426. The van der Waals surface area contributed by atoms with Gasteiger partial charge in [0.2, 0.25) is 0 Å². The molecule has 1 fully saturated rings. The second kappa shape index (κ2) is 12.6. The van der Waals surface area contributed by atoms with Gasteiger partial charge in [0, 0.05) is 0 Å². The number of carbonyl (C=O) groups is 1. The summed E-state index contributed by atoms with van der Waals surface area (Å²) < 4.78 is 1.04. The summed E-state index contributed by atoms with van der Waals surface area (Å²) in [4.78, 5) is 12.6. The maximum absolute atomic E-state index is 11.1. The molecule has 0 N–H and O–H groups in total. The van der Waals surface area contributed by atoms with E-state index in [1.54, 1.807) is 0 Å². The van der Waals surface area contributed by atoms with Crippen LogP contribution >= 0.6 is 0 Å². The monoisotopic (exact) mass is 354 g/mol. The smallest absolute Gasteiger partial charge is 0.137 e. The first kappa shape index (κ1) is 22.3. The molecule has 25 heavy (non-hydrogen) atoms. The van der Waals surface area contributed by atoms with Gasteiger partial charge in [-0.1, -0.05) is 71.6 Å². The van der Waals surface area contributed by atoms with Gasteiger partial charge in [0.1, 0.15) is 12.1 Å². The molecule has 0 bridgehead atoms. The minimum Gasteiger partial charge on any atom is -0.530 e. The van der Waals surface area contributed by atoms with E-state index in [1.165, 1.54) is 82.1 Å². The minimum atomic E-state index is -1.00. The van der Waals surface area contributed by atoms with Gasteiger partial charge in [-0.2, -0.15) is 0 Å². The molecule has 1 heterocycles. The maximum Gasteiger partial charge on any atom is 0.137 e. The fourth-order valence-corrected chi connectivity index (χ4v) is 4.24. The molecule has 1 rings (SSSR count). The van der Waals surface area contributed by atoms with E-state index in [0.717, 1.165) is 17.4 Å². The second-order valence-corrected chi connectivity index (χ2v) is 8.24. The molecule has 1 amide bonds. The first-order valence-electron chi connectivity index (χ1n) is 10.8. The Labute approximate surface area is 156 Å². The van der Waals surface area contributed by atoms with Gasteiger partial charge >= 0.3 is 0 Å². The Balaban J connectivity index is 2.09. The van der Waals surface area contributed by atoms with Gasteiger partial charge in [-0.25, -0.2) is 0 Å². The number of nitrogens with zero attached hydrogens (tertiary/aromatic N) is 2. The van der Waals surface area contributed by atoms with E-state index in [-0.39, 0.29) is 0 Å². The predicted molar refractivity (Wildman–Crippen MR) is 103 cm³/mol. The first-order valence-corrected chi connectivity index (χ1v) is 10.8. The van der Waals surface area contributed by atoms with Crippen molar-refractivity contribution in [1.82, 2.24) is 4.90 Å². The van der Waals surface area contributed by atoms with Crippen LogP contribution in [0.5, 0.6) is 0 Å². The van der Waals surface area contributed by atoms with Gasteiger partial charge < -0.3 is 19.3 Å². The number of unbranched alkanes of at least 4 members (excludes halogenated alkanes) is 10. The van der Waals surface area contributed by atoms with Crippen molar-refractivity contribution in [1.29, 1.82) is 0 Å². The van der Waals surface area contributed by atoms with E-state index in [2.05, 4.69) is 20.9 Å². The molecule has 0 aromatic carbocycles. The highest BCUT2D eigenvalue weighted by atomic mass is 16.4. The molecule has 2 unspecified atom stereocenters. The highest BCUT2D eigenvalue weighted by molar-refractivity contribution is 5.62. The van der Waals surface area contributed by atoms with Crippen LogP contribution in [0.15, 0.2) is 0 Å². The van der Waals surface area contributed by atoms with Gasteiger partial charge in [0.15, 0.2) is 0 Å². The lowest BCUT2D eigenvalue weighted by molar-refractivity contribution is -0.937. The maximum atomic E-state index is 11.1. The van der Waals surface area contributed by atoms with Gasteiger partial charge in [-0.15, -0.1) is 0 Å². The Kier molecular flexibility index (Phi) is 11.2. The predicted octanol–water partition coefficient (Wildman–Crippen LogP) is 4.18. The van der Waals surface area contributed by atoms with Crippen molar-refractivity contribution in [3.63, 3.8) is 0 Å². The molecule has 0 aromatic rings. The van der Waals surface area contributed by atoms with Crippen LogP contribution in [-0.4, -0.2) is 54.7 Å². The fraction of sp³-hybridized carbons (Fsp3) is 0.952. The van der Waals surface area contributed by atoms with Crippen molar-refractivity contribution < 1.29 is 14.4 Å². The third-order valence-electron chi connectivity index (χ3n) is 6.20. The number of piperazine rings is 1. The van der Waals surface area contributed by atoms with E-state index in [1.807, 2.05) is 0 Å². The zero-order valence-electron chi connectivity index (χ0n) is 17.1. The third kappa shape index (κ3) is 8.44. The summed E-state index contributed by atoms with van der Waals surface area (Å²) in [5, 5.41) is 11.1. The molecule has 2 atom stereocenters. The minimum absolute atomic E-state index is 0.426. The standard InChI is InChI=1S/C21H42N2O2/c1-4-6-7-8-9-10-11-12-13-14-15-17-23(3)18-16-22(21(24)25)19-20(23)5-2/h20H,4-19H2,1-3H3. The lowest BCUT2D eigenvalue weighted by atomic mass is 10.0. The van der Waals surface area contributed by atoms with Crippen LogP contribution in [0.2, 0.25) is 0 Å². The van der Waals surface area contributed by atoms with E-state index in [9.17, 15) is 9.90 Å². The van der Waals surface area contributed by atoms with Crippen LogP contribution in [-0.2, 0) is 0 Å². The molecule has 148 valence electrons. The number of likely N-dealkylation sites (N-methyl/N-ethyl adjacent to an activating group) is 1. The Hall–Kier alpha value is -0.770. The molecule has 4 heteroatoms. The van der Waals surface area contributed by atoms with Crippen LogP contribution in [0.3, 0.4) is 0 Å². The van der Waals surface area contributed by atoms with E-state index in [0.29, 0.717) is 19.1 Å². The topological polar surface area (TPSA) is 43.4 Å². The Morgan fingerprint density at radius 1 is 0.960 bits per heavy atom. The van der Waals surface area contributed by atoms with Gasteiger partial charge in [0.05, 0.1) is 33.2 Å². The quantitative estimate of drug-likeness (QED) is 0.368. The van der Waals surface area contributed by atoms with E-state index >= 15 is 0 Å². The Morgan fingerprint density at radius 3 is 1.96 bits per heavy atom. The van der Waals surface area contributed by atoms with Crippen molar-refractivity contribution in [2.45, 2.75) is 96.9 Å². The number of hydrogen-bond donors (Lipinski definition) is 0. The van der Waals surface area contributed by atoms with E-state index < -0.39 is 6.09 Å². The molecule has 4 nitrogen and oxygen atoms in total. The number of rotatable bonds is 13. The van der Waals surface area contributed by atoms with E-state index in [4.69, 9.17) is 0 Å². The Morgan fingerprint density at radius 2 is 1.48 bits per heavy atom. The summed E-state index contributed by atoms with van der Waals surface area (Å²) in [7, 11) is 2.32. The van der Waals surface area contributed by atoms with Crippen molar-refractivity contribution in [3.8, 4) is 0 Å². The van der Waals surface area contributed by atoms with Crippen LogP contribution in [0.1, 0.15) is 90.9 Å². The van der Waals surface area contributed by atoms with Crippen LogP contribution in [0.4, 0.5) is 4.79 Å². The highest BCUT2D eigenvalue weighted by Gasteiger charge is 2.36. The molecule has 1 saturated heterocycles. The number of quaternary nitrogens is 1. The average molecular weight is 355 g/mol. The van der Waals surface area contributed by atoms with Crippen molar-refractivity contribution in [2.24, 2.45) is 0 Å².